The lowest BCUT2D eigenvalue weighted by Gasteiger charge is -2.37. The molecule has 1 aliphatic carbocycles. The number of morpholine rings is 1. The van der Waals surface area contributed by atoms with Crippen molar-refractivity contribution in [1.82, 2.24) is 15.2 Å². The molecule has 2 fully saturated rings. The van der Waals surface area contributed by atoms with Gasteiger partial charge in [-0.25, -0.2) is 0 Å². The van der Waals surface area contributed by atoms with E-state index in [4.69, 9.17) is 9.47 Å². The molecule has 27 heavy (non-hydrogen) atoms. The summed E-state index contributed by atoms with van der Waals surface area (Å²) in [6.45, 7) is 2.71. The largest absolute Gasteiger partial charge is 0.488 e. The molecule has 2 aromatic rings. The molecule has 4 atom stereocenters. The van der Waals surface area contributed by atoms with E-state index in [-0.39, 0.29) is 24.1 Å². The monoisotopic (exact) mass is 389 g/mol. The molecule has 1 aromatic heterocycles. The minimum absolute atomic E-state index is 0.159. The molecule has 4 rings (SSSR count). The molecular weight excluding hydrogens is 366 g/mol. The van der Waals surface area contributed by atoms with Crippen LogP contribution in [0.1, 0.15) is 16.1 Å². The SMILES string of the molecule is O=C(N[C@@H]1C[C@@H](Oc2ccccc2)[C@H](O)[C@H]1N1CCOCC1)c1cncs1. The van der Waals surface area contributed by atoms with Gasteiger partial charge in [0.2, 0.25) is 0 Å². The van der Waals surface area contributed by atoms with Crippen molar-refractivity contribution in [1.29, 1.82) is 0 Å². The number of para-hydroxylation sites is 1. The predicted octanol–water partition coefficient (Wildman–Crippen LogP) is 1.15. The van der Waals surface area contributed by atoms with E-state index >= 15 is 0 Å². The highest BCUT2D eigenvalue weighted by atomic mass is 32.1. The summed E-state index contributed by atoms with van der Waals surface area (Å²) in [5.41, 5.74) is 1.64. The van der Waals surface area contributed by atoms with E-state index in [0.717, 1.165) is 18.8 Å². The second kappa shape index (κ2) is 8.35. The van der Waals surface area contributed by atoms with Gasteiger partial charge in [0.05, 0.1) is 37.0 Å². The summed E-state index contributed by atoms with van der Waals surface area (Å²) >= 11 is 1.30. The predicted molar refractivity (Wildman–Crippen MR) is 101 cm³/mol. The Labute approximate surface area is 161 Å². The van der Waals surface area contributed by atoms with Crippen molar-refractivity contribution in [3.8, 4) is 5.75 Å². The molecule has 1 saturated carbocycles. The van der Waals surface area contributed by atoms with Crippen LogP contribution in [0.3, 0.4) is 0 Å². The number of benzene rings is 1. The third-order valence-corrected chi connectivity index (χ3v) is 5.87. The summed E-state index contributed by atoms with van der Waals surface area (Å²) in [4.78, 5) is 19.3. The van der Waals surface area contributed by atoms with Gasteiger partial charge in [0.1, 0.15) is 22.8 Å². The molecule has 8 heteroatoms. The molecule has 1 aromatic carbocycles. The van der Waals surface area contributed by atoms with Crippen molar-refractivity contribution < 1.29 is 19.4 Å². The summed E-state index contributed by atoms with van der Waals surface area (Å²) in [5, 5.41) is 14.1. The number of amides is 1. The number of nitrogens with one attached hydrogen (secondary N) is 1. The third kappa shape index (κ3) is 4.14. The number of carbonyl (C=O) groups is 1. The first-order valence-electron chi connectivity index (χ1n) is 9.13. The first kappa shape index (κ1) is 18.4. The zero-order chi connectivity index (χ0) is 18.6. The second-order valence-electron chi connectivity index (χ2n) is 6.78. The average Bonchev–Trinajstić information content (AvgIpc) is 3.33. The normalized spacial score (nSPS) is 28.8. The van der Waals surface area contributed by atoms with Gasteiger partial charge in [0, 0.05) is 19.5 Å². The Kier molecular flexibility index (Phi) is 5.68. The number of aliphatic hydroxyl groups excluding tert-OH is 1. The molecule has 144 valence electrons. The number of rotatable bonds is 5. The van der Waals surface area contributed by atoms with Crippen molar-refractivity contribution in [2.75, 3.05) is 26.3 Å². The van der Waals surface area contributed by atoms with E-state index in [9.17, 15) is 9.90 Å². The van der Waals surface area contributed by atoms with E-state index < -0.39 is 6.10 Å². The zero-order valence-electron chi connectivity index (χ0n) is 14.9. The highest BCUT2D eigenvalue weighted by molar-refractivity contribution is 7.11. The van der Waals surface area contributed by atoms with Crippen LogP contribution in [0.2, 0.25) is 0 Å². The zero-order valence-corrected chi connectivity index (χ0v) is 15.7. The molecule has 0 spiro atoms. The summed E-state index contributed by atoms with van der Waals surface area (Å²) in [6.07, 6.45) is 1.03. The van der Waals surface area contributed by atoms with Gasteiger partial charge in [-0.3, -0.25) is 14.7 Å². The maximum Gasteiger partial charge on any atom is 0.263 e. The maximum absolute atomic E-state index is 12.6. The summed E-state index contributed by atoms with van der Waals surface area (Å²) < 4.78 is 11.5. The third-order valence-electron chi connectivity index (χ3n) is 5.10. The standard InChI is InChI=1S/C19H23N3O4S/c23-18-15(26-13-4-2-1-3-5-13)10-14(17(18)22-6-8-25-9-7-22)21-19(24)16-11-20-12-27-16/h1-5,11-12,14-15,17-18,23H,6-10H2,(H,21,24)/t14-,15-,17+,18+/m1/s1. The molecule has 0 bridgehead atoms. The fourth-order valence-electron chi connectivity index (χ4n) is 3.84. The average molecular weight is 389 g/mol. The van der Waals surface area contributed by atoms with Crippen LogP contribution in [0, 0.1) is 0 Å². The van der Waals surface area contributed by atoms with Crippen LogP contribution in [0.15, 0.2) is 42.0 Å². The van der Waals surface area contributed by atoms with E-state index in [1.165, 1.54) is 11.3 Å². The van der Waals surface area contributed by atoms with E-state index in [2.05, 4.69) is 15.2 Å². The van der Waals surface area contributed by atoms with Gasteiger partial charge < -0.3 is 19.9 Å². The number of aromatic nitrogens is 1. The number of thiazole rings is 1. The number of ether oxygens (including phenoxy) is 2. The van der Waals surface area contributed by atoms with Crippen LogP contribution in [0.25, 0.3) is 0 Å². The fourth-order valence-corrected chi connectivity index (χ4v) is 4.36. The Hall–Kier alpha value is -2.00. The van der Waals surface area contributed by atoms with Gasteiger partial charge in [-0.2, -0.15) is 0 Å². The highest BCUT2D eigenvalue weighted by Gasteiger charge is 2.47. The lowest BCUT2D eigenvalue weighted by atomic mass is 10.1. The van der Waals surface area contributed by atoms with Crippen LogP contribution < -0.4 is 10.1 Å². The van der Waals surface area contributed by atoms with Gasteiger partial charge in [-0.1, -0.05) is 18.2 Å². The van der Waals surface area contributed by atoms with E-state index in [1.54, 1.807) is 11.7 Å². The summed E-state index contributed by atoms with van der Waals surface area (Å²) in [7, 11) is 0. The number of hydrogen-bond acceptors (Lipinski definition) is 7. The molecule has 0 unspecified atom stereocenters. The Balaban J connectivity index is 1.51. The molecule has 2 N–H and O–H groups in total. The number of nitrogens with zero attached hydrogens (tertiary/aromatic N) is 2. The minimum atomic E-state index is -0.699. The van der Waals surface area contributed by atoms with Crippen molar-refractivity contribution >= 4 is 17.2 Å². The molecule has 1 amide bonds. The van der Waals surface area contributed by atoms with Crippen LogP contribution in [0.4, 0.5) is 0 Å². The Morgan fingerprint density at radius 3 is 2.78 bits per heavy atom. The number of carbonyl (C=O) groups excluding carboxylic acids is 1. The topological polar surface area (TPSA) is 83.9 Å². The summed E-state index contributed by atoms with van der Waals surface area (Å²) in [6, 6.07) is 9.06. The minimum Gasteiger partial charge on any atom is -0.488 e. The molecule has 2 heterocycles. The van der Waals surface area contributed by atoms with Gasteiger partial charge in [0.15, 0.2) is 0 Å². The Morgan fingerprint density at radius 1 is 1.30 bits per heavy atom. The molecule has 2 aliphatic rings. The lowest BCUT2D eigenvalue weighted by Crippen LogP contribution is -2.56. The highest BCUT2D eigenvalue weighted by Crippen LogP contribution is 2.30. The molecular formula is C19H23N3O4S. The van der Waals surface area contributed by atoms with E-state index in [0.29, 0.717) is 24.5 Å². The number of hydrogen-bond donors (Lipinski definition) is 2. The number of aliphatic hydroxyl groups is 1. The van der Waals surface area contributed by atoms with Crippen LogP contribution >= 0.6 is 11.3 Å². The summed E-state index contributed by atoms with van der Waals surface area (Å²) in [5.74, 6) is 0.560. The Morgan fingerprint density at radius 2 is 2.07 bits per heavy atom. The van der Waals surface area contributed by atoms with E-state index in [1.807, 2.05) is 30.3 Å². The van der Waals surface area contributed by atoms with Crippen molar-refractivity contribution in [2.45, 2.75) is 30.7 Å². The van der Waals surface area contributed by atoms with Gasteiger partial charge in [0.25, 0.3) is 5.91 Å². The Bertz CT molecular complexity index is 737. The van der Waals surface area contributed by atoms with Crippen molar-refractivity contribution in [3.05, 3.63) is 46.9 Å². The molecule has 7 nitrogen and oxygen atoms in total. The fraction of sp³-hybridized carbons (Fsp3) is 0.474. The van der Waals surface area contributed by atoms with Gasteiger partial charge in [-0.05, 0) is 12.1 Å². The van der Waals surface area contributed by atoms with Crippen molar-refractivity contribution in [3.63, 3.8) is 0 Å². The quantitative estimate of drug-likeness (QED) is 0.798. The van der Waals surface area contributed by atoms with Gasteiger partial charge in [-0.15, -0.1) is 11.3 Å². The molecule has 1 saturated heterocycles. The molecule has 1 aliphatic heterocycles. The van der Waals surface area contributed by atoms with Crippen LogP contribution in [-0.4, -0.2) is 71.5 Å². The maximum atomic E-state index is 12.6. The molecule has 0 radical (unpaired) electrons. The lowest BCUT2D eigenvalue weighted by molar-refractivity contribution is -0.0350. The second-order valence-corrected chi connectivity index (χ2v) is 7.67. The first-order chi connectivity index (χ1) is 13.2. The van der Waals surface area contributed by atoms with Gasteiger partial charge >= 0.3 is 0 Å². The van der Waals surface area contributed by atoms with Crippen LogP contribution in [0.5, 0.6) is 5.75 Å². The first-order valence-corrected chi connectivity index (χ1v) is 10.0. The smallest absolute Gasteiger partial charge is 0.263 e. The van der Waals surface area contributed by atoms with Crippen LogP contribution in [-0.2, 0) is 4.74 Å². The van der Waals surface area contributed by atoms with Crippen molar-refractivity contribution in [2.24, 2.45) is 0 Å².